The molecule has 2 aromatic rings. The minimum Gasteiger partial charge on any atom is -0.300 e. The molecule has 3 heterocycles. The lowest BCUT2D eigenvalue weighted by molar-refractivity contribution is 0.100. The number of hydrogen-bond donors (Lipinski definition) is 0. The third-order valence-electron chi connectivity index (χ3n) is 5.76. The molecule has 6 heteroatoms. The third kappa shape index (κ3) is 3.84. The van der Waals surface area contributed by atoms with Gasteiger partial charge in [-0.1, -0.05) is 19.3 Å². The van der Waals surface area contributed by atoms with E-state index in [9.17, 15) is 4.79 Å². The summed E-state index contributed by atoms with van der Waals surface area (Å²) in [6, 6.07) is 6.00. The van der Waals surface area contributed by atoms with Crippen LogP contribution in [0.4, 0.5) is 0 Å². The summed E-state index contributed by atoms with van der Waals surface area (Å²) in [5.74, 6) is 1.24. The Balaban J connectivity index is 1.38. The van der Waals surface area contributed by atoms with Crippen molar-refractivity contribution in [1.82, 2.24) is 24.5 Å². The molecule has 1 saturated heterocycles. The SMILES string of the molecule is O=c1ccc(-n2cccn2)nn1CC1CCN(C2CCCCC2)CC1. The normalized spacial score (nSPS) is 20.8. The lowest BCUT2D eigenvalue weighted by atomic mass is 9.90. The van der Waals surface area contributed by atoms with Gasteiger partial charge in [-0.15, -0.1) is 5.10 Å². The fraction of sp³-hybridized carbons (Fsp3) is 0.632. The summed E-state index contributed by atoms with van der Waals surface area (Å²) < 4.78 is 3.32. The Hall–Kier alpha value is -1.95. The average Bonchev–Trinajstić information content (AvgIpc) is 3.20. The Labute approximate surface area is 148 Å². The van der Waals surface area contributed by atoms with Crippen LogP contribution in [0.5, 0.6) is 0 Å². The average molecular weight is 341 g/mol. The van der Waals surface area contributed by atoms with Crippen molar-refractivity contribution in [2.24, 2.45) is 5.92 Å². The van der Waals surface area contributed by atoms with Crippen molar-refractivity contribution < 1.29 is 0 Å². The van der Waals surface area contributed by atoms with Crippen LogP contribution >= 0.6 is 0 Å². The molecule has 4 rings (SSSR count). The molecule has 2 fully saturated rings. The van der Waals surface area contributed by atoms with Gasteiger partial charge in [0.1, 0.15) is 0 Å². The molecule has 0 atom stereocenters. The smallest absolute Gasteiger partial charge is 0.266 e. The Kier molecular flexibility index (Phi) is 4.97. The van der Waals surface area contributed by atoms with Crippen molar-refractivity contribution >= 4 is 0 Å². The molecule has 6 nitrogen and oxygen atoms in total. The zero-order valence-electron chi connectivity index (χ0n) is 14.8. The van der Waals surface area contributed by atoms with Crippen molar-refractivity contribution in [3.63, 3.8) is 0 Å². The Morgan fingerprint density at radius 1 is 1.04 bits per heavy atom. The van der Waals surface area contributed by atoms with E-state index in [1.54, 1.807) is 27.7 Å². The van der Waals surface area contributed by atoms with E-state index in [4.69, 9.17) is 0 Å². The van der Waals surface area contributed by atoms with E-state index >= 15 is 0 Å². The monoisotopic (exact) mass is 341 g/mol. The zero-order chi connectivity index (χ0) is 17.1. The van der Waals surface area contributed by atoms with E-state index < -0.39 is 0 Å². The van der Waals surface area contributed by atoms with Crippen LogP contribution in [-0.4, -0.2) is 43.6 Å². The first-order valence-corrected chi connectivity index (χ1v) is 9.62. The van der Waals surface area contributed by atoms with Gasteiger partial charge >= 0.3 is 0 Å². The van der Waals surface area contributed by atoms with Gasteiger partial charge in [0, 0.05) is 31.0 Å². The van der Waals surface area contributed by atoms with Crippen LogP contribution in [0.25, 0.3) is 5.82 Å². The fourth-order valence-corrected chi connectivity index (χ4v) is 4.29. The van der Waals surface area contributed by atoms with Crippen LogP contribution < -0.4 is 5.56 Å². The number of hydrogen-bond acceptors (Lipinski definition) is 4. The lowest BCUT2D eigenvalue weighted by Crippen LogP contribution is -2.43. The predicted molar refractivity (Wildman–Crippen MR) is 96.8 cm³/mol. The van der Waals surface area contributed by atoms with Gasteiger partial charge in [-0.2, -0.15) is 5.10 Å². The van der Waals surface area contributed by atoms with E-state index in [1.165, 1.54) is 45.2 Å². The highest BCUT2D eigenvalue weighted by Crippen LogP contribution is 2.27. The molecule has 1 aliphatic heterocycles. The minimum atomic E-state index is -0.0226. The van der Waals surface area contributed by atoms with Crippen LogP contribution in [-0.2, 0) is 6.54 Å². The molecular weight excluding hydrogens is 314 g/mol. The van der Waals surface area contributed by atoms with E-state index in [0.717, 1.165) is 18.9 Å². The molecule has 0 spiro atoms. The molecule has 0 amide bonds. The summed E-state index contributed by atoms with van der Waals surface area (Å²) in [7, 11) is 0. The van der Waals surface area contributed by atoms with Gasteiger partial charge in [-0.25, -0.2) is 9.36 Å². The van der Waals surface area contributed by atoms with E-state index in [0.29, 0.717) is 18.3 Å². The molecule has 0 radical (unpaired) electrons. The van der Waals surface area contributed by atoms with Crippen molar-refractivity contribution in [2.75, 3.05) is 13.1 Å². The maximum atomic E-state index is 12.2. The Morgan fingerprint density at radius 3 is 2.56 bits per heavy atom. The topological polar surface area (TPSA) is 56.0 Å². The predicted octanol–water partition coefficient (Wildman–Crippen LogP) is 2.47. The summed E-state index contributed by atoms with van der Waals surface area (Å²) in [6.07, 6.45) is 12.8. The number of nitrogens with zero attached hydrogens (tertiary/aromatic N) is 5. The molecule has 134 valence electrons. The minimum absolute atomic E-state index is 0.0226. The van der Waals surface area contributed by atoms with Gasteiger partial charge in [0.05, 0.1) is 0 Å². The highest BCUT2D eigenvalue weighted by molar-refractivity contribution is 5.17. The lowest BCUT2D eigenvalue weighted by Gasteiger charge is -2.39. The molecule has 1 saturated carbocycles. The van der Waals surface area contributed by atoms with E-state index in [-0.39, 0.29) is 5.56 Å². The van der Waals surface area contributed by atoms with Gasteiger partial charge < -0.3 is 4.90 Å². The molecule has 0 aromatic carbocycles. The summed E-state index contributed by atoms with van der Waals surface area (Å²) in [5, 5.41) is 8.71. The molecule has 1 aliphatic carbocycles. The second-order valence-corrected chi connectivity index (χ2v) is 7.43. The second-order valence-electron chi connectivity index (χ2n) is 7.43. The van der Waals surface area contributed by atoms with Crippen molar-refractivity contribution in [1.29, 1.82) is 0 Å². The van der Waals surface area contributed by atoms with Crippen LogP contribution in [0, 0.1) is 5.92 Å². The van der Waals surface area contributed by atoms with Gasteiger partial charge in [0.2, 0.25) is 0 Å². The first-order chi connectivity index (χ1) is 12.3. The Morgan fingerprint density at radius 2 is 1.84 bits per heavy atom. The van der Waals surface area contributed by atoms with Gasteiger partial charge in [-0.3, -0.25) is 4.79 Å². The second kappa shape index (κ2) is 7.52. The van der Waals surface area contributed by atoms with Crippen LogP contribution in [0.15, 0.2) is 35.4 Å². The highest BCUT2D eigenvalue weighted by atomic mass is 16.1. The molecule has 2 aliphatic rings. The quantitative estimate of drug-likeness (QED) is 0.857. The number of rotatable bonds is 4. The van der Waals surface area contributed by atoms with Crippen LogP contribution in [0.3, 0.4) is 0 Å². The Bertz CT molecular complexity index is 725. The first-order valence-electron chi connectivity index (χ1n) is 9.62. The van der Waals surface area contributed by atoms with Crippen LogP contribution in [0.2, 0.25) is 0 Å². The van der Waals surface area contributed by atoms with Crippen molar-refractivity contribution in [2.45, 2.75) is 57.5 Å². The number of piperidine rings is 1. The summed E-state index contributed by atoms with van der Waals surface area (Å²) >= 11 is 0. The molecule has 25 heavy (non-hydrogen) atoms. The third-order valence-corrected chi connectivity index (χ3v) is 5.76. The van der Waals surface area contributed by atoms with Crippen molar-refractivity contribution in [3.8, 4) is 5.82 Å². The summed E-state index contributed by atoms with van der Waals surface area (Å²) in [5.41, 5.74) is -0.0226. The molecule has 0 N–H and O–H groups in total. The maximum absolute atomic E-state index is 12.2. The first kappa shape index (κ1) is 16.5. The van der Waals surface area contributed by atoms with Gasteiger partial charge in [-0.05, 0) is 56.8 Å². The molecule has 0 bridgehead atoms. The van der Waals surface area contributed by atoms with E-state index in [2.05, 4.69) is 15.1 Å². The summed E-state index contributed by atoms with van der Waals surface area (Å²) in [4.78, 5) is 14.9. The standard InChI is InChI=1S/C19H27N5O/c25-19-8-7-18(23-12-4-11-20-23)21-24(19)15-16-9-13-22(14-10-16)17-5-2-1-3-6-17/h4,7-8,11-12,16-17H,1-3,5-6,9-10,13-15H2. The largest absolute Gasteiger partial charge is 0.300 e. The van der Waals surface area contributed by atoms with Gasteiger partial charge in [0.15, 0.2) is 5.82 Å². The highest BCUT2D eigenvalue weighted by Gasteiger charge is 2.26. The van der Waals surface area contributed by atoms with Gasteiger partial charge in [0.25, 0.3) is 5.56 Å². The summed E-state index contributed by atoms with van der Waals surface area (Å²) in [6.45, 7) is 3.05. The van der Waals surface area contributed by atoms with E-state index in [1.807, 2.05) is 12.3 Å². The molecular formula is C19H27N5O. The molecule has 0 unspecified atom stereocenters. The zero-order valence-corrected chi connectivity index (χ0v) is 14.8. The van der Waals surface area contributed by atoms with Crippen LogP contribution in [0.1, 0.15) is 44.9 Å². The fourth-order valence-electron chi connectivity index (χ4n) is 4.29. The number of aromatic nitrogens is 4. The van der Waals surface area contributed by atoms with Crippen molar-refractivity contribution in [3.05, 3.63) is 40.9 Å². The molecule has 2 aromatic heterocycles. The maximum Gasteiger partial charge on any atom is 0.266 e. The number of likely N-dealkylation sites (tertiary alicyclic amines) is 1.